The molecular formula is C15H29N3O. The number of carbonyl (C=O) groups excluding carboxylic acids is 1. The van der Waals surface area contributed by atoms with Gasteiger partial charge in [0.15, 0.2) is 0 Å². The van der Waals surface area contributed by atoms with E-state index in [-0.39, 0.29) is 5.91 Å². The minimum absolute atomic E-state index is 0.150. The first kappa shape index (κ1) is 16.2. The van der Waals surface area contributed by atoms with E-state index in [1.807, 2.05) is 11.1 Å². The number of rotatable bonds is 8. The third-order valence-corrected chi connectivity index (χ3v) is 3.70. The lowest BCUT2D eigenvalue weighted by Gasteiger charge is -2.41. The summed E-state index contributed by atoms with van der Waals surface area (Å²) in [5.74, 6) is 0.150. The zero-order valence-electron chi connectivity index (χ0n) is 12.3. The maximum Gasteiger partial charge on any atom is 0.238 e. The maximum absolute atomic E-state index is 12.3. The molecule has 1 aliphatic rings. The van der Waals surface area contributed by atoms with Crippen LogP contribution in [0.2, 0.25) is 0 Å². The number of hydrazine groups is 1. The molecule has 2 N–H and O–H groups in total. The molecule has 0 atom stereocenters. The van der Waals surface area contributed by atoms with Gasteiger partial charge in [-0.1, -0.05) is 32.3 Å². The minimum atomic E-state index is 0.150. The highest BCUT2D eigenvalue weighted by Gasteiger charge is 2.27. The molecule has 0 aromatic carbocycles. The van der Waals surface area contributed by atoms with Crippen molar-refractivity contribution < 1.29 is 4.79 Å². The van der Waals surface area contributed by atoms with Crippen molar-refractivity contribution in [3.8, 4) is 0 Å². The summed E-state index contributed by atoms with van der Waals surface area (Å²) < 4.78 is 0. The second-order valence-electron chi connectivity index (χ2n) is 5.26. The molecule has 0 radical (unpaired) electrons. The molecule has 0 saturated heterocycles. The molecule has 0 unspecified atom stereocenters. The van der Waals surface area contributed by atoms with E-state index in [0.29, 0.717) is 19.0 Å². The van der Waals surface area contributed by atoms with Crippen molar-refractivity contribution in [2.75, 3.05) is 19.6 Å². The van der Waals surface area contributed by atoms with E-state index in [2.05, 4.69) is 18.5 Å². The lowest BCUT2D eigenvalue weighted by molar-refractivity contribution is -0.154. The minimum Gasteiger partial charge on any atom is -0.330 e. The number of hydrogen-bond donors (Lipinski definition) is 1. The van der Waals surface area contributed by atoms with E-state index in [0.717, 1.165) is 19.5 Å². The fraction of sp³-hybridized carbons (Fsp3) is 0.800. The van der Waals surface area contributed by atoms with Crippen molar-refractivity contribution in [3.63, 3.8) is 0 Å². The van der Waals surface area contributed by atoms with Gasteiger partial charge in [-0.2, -0.15) is 0 Å². The van der Waals surface area contributed by atoms with Crippen molar-refractivity contribution in [3.05, 3.63) is 12.7 Å². The average molecular weight is 267 g/mol. The van der Waals surface area contributed by atoms with Crippen molar-refractivity contribution in [1.29, 1.82) is 0 Å². The molecule has 1 rings (SSSR count). The zero-order valence-corrected chi connectivity index (χ0v) is 12.3. The van der Waals surface area contributed by atoms with Crippen LogP contribution in [0.5, 0.6) is 0 Å². The molecule has 110 valence electrons. The predicted molar refractivity (Wildman–Crippen MR) is 79.5 cm³/mol. The monoisotopic (exact) mass is 267 g/mol. The van der Waals surface area contributed by atoms with E-state index in [9.17, 15) is 4.79 Å². The van der Waals surface area contributed by atoms with Gasteiger partial charge in [-0.3, -0.25) is 9.80 Å². The van der Waals surface area contributed by atoms with Gasteiger partial charge in [0.25, 0.3) is 0 Å². The van der Waals surface area contributed by atoms with Crippen LogP contribution < -0.4 is 5.73 Å². The maximum atomic E-state index is 12.3. The molecule has 19 heavy (non-hydrogen) atoms. The number of nitrogens with zero attached hydrogens (tertiary/aromatic N) is 2. The van der Waals surface area contributed by atoms with Crippen molar-refractivity contribution >= 4 is 5.91 Å². The molecule has 0 aliphatic heterocycles. The van der Waals surface area contributed by atoms with Gasteiger partial charge in [0, 0.05) is 32.1 Å². The highest BCUT2D eigenvalue weighted by Crippen LogP contribution is 2.24. The zero-order chi connectivity index (χ0) is 14.1. The van der Waals surface area contributed by atoms with E-state index in [1.54, 1.807) is 0 Å². The van der Waals surface area contributed by atoms with Crippen LogP contribution in [0, 0.1) is 0 Å². The van der Waals surface area contributed by atoms with Crippen LogP contribution in [0.15, 0.2) is 12.7 Å². The first-order valence-electron chi connectivity index (χ1n) is 7.62. The van der Waals surface area contributed by atoms with Crippen molar-refractivity contribution in [2.45, 2.75) is 57.9 Å². The summed E-state index contributed by atoms with van der Waals surface area (Å²) in [5.41, 5.74) is 5.53. The number of hydrogen-bond acceptors (Lipinski definition) is 3. The summed E-state index contributed by atoms with van der Waals surface area (Å²) in [5, 5.41) is 4.15. The fourth-order valence-corrected chi connectivity index (χ4v) is 2.82. The second kappa shape index (κ2) is 9.10. The molecular weight excluding hydrogens is 238 g/mol. The fourth-order valence-electron chi connectivity index (χ4n) is 2.82. The van der Waals surface area contributed by atoms with Gasteiger partial charge in [0.1, 0.15) is 0 Å². The third-order valence-electron chi connectivity index (χ3n) is 3.70. The third kappa shape index (κ3) is 4.96. The van der Waals surface area contributed by atoms with Gasteiger partial charge in [-0.15, -0.1) is 6.58 Å². The number of carbonyl (C=O) groups is 1. The summed E-state index contributed by atoms with van der Waals surface area (Å²) in [7, 11) is 0. The Morgan fingerprint density at radius 1 is 1.37 bits per heavy atom. The molecule has 1 saturated carbocycles. The highest BCUT2D eigenvalue weighted by atomic mass is 16.2. The van der Waals surface area contributed by atoms with Crippen molar-refractivity contribution in [1.82, 2.24) is 10.0 Å². The number of amides is 1. The van der Waals surface area contributed by atoms with Crippen LogP contribution in [-0.2, 0) is 4.79 Å². The Bertz CT molecular complexity index is 275. The van der Waals surface area contributed by atoms with Gasteiger partial charge >= 0.3 is 0 Å². The largest absolute Gasteiger partial charge is 0.330 e. The summed E-state index contributed by atoms with van der Waals surface area (Å²) in [6.07, 6.45) is 9.52. The molecule has 0 aromatic heterocycles. The molecule has 1 fully saturated rings. The Kier molecular flexibility index (Phi) is 7.75. The molecule has 1 amide bonds. The quantitative estimate of drug-likeness (QED) is 0.542. The van der Waals surface area contributed by atoms with Crippen LogP contribution in [0.1, 0.15) is 51.9 Å². The Labute approximate surface area is 117 Å². The smallest absolute Gasteiger partial charge is 0.238 e. The molecule has 4 heteroatoms. The van der Waals surface area contributed by atoms with Crippen LogP contribution in [0.3, 0.4) is 0 Å². The van der Waals surface area contributed by atoms with Gasteiger partial charge in [-0.05, 0) is 19.3 Å². The Morgan fingerprint density at radius 3 is 2.58 bits per heavy atom. The summed E-state index contributed by atoms with van der Waals surface area (Å²) in [6.45, 7) is 7.90. The van der Waals surface area contributed by atoms with Gasteiger partial charge in [-0.25, -0.2) is 5.01 Å². The van der Waals surface area contributed by atoms with Crippen LogP contribution in [0.4, 0.5) is 0 Å². The molecule has 0 spiro atoms. The first-order valence-corrected chi connectivity index (χ1v) is 7.62. The highest BCUT2D eigenvalue weighted by molar-refractivity contribution is 5.75. The Morgan fingerprint density at radius 2 is 2.05 bits per heavy atom. The molecule has 0 bridgehead atoms. The van der Waals surface area contributed by atoms with E-state index in [4.69, 9.17) is 5.73 Å². The Hall–Kier alpha value is -0.870. The molecule has 1 aliphatic carbocycles. The van der Waals surface area contributed by atoms with Gasteiger partial charge in [0.2, 0.25) is 5.91 Å². The number of nitrogens with two attached hydrogens (primary N) is 1. The van der Waals surface area contributed by atoms with E-state index in [1.165, 1.54) is 32.1 Å². The topological polar surface area (TPSA) is 49.6 Å². The lowest BCUT2D eigenvalue weighted by Crippen LogP contribution is -2.52. The molecule has 4 nitrogen and oxygen atoms in total. The second-order valence-corrected chi connectivity index (χ2v) is 5.26. The van der Waals surface area contributed by atoms with Gasteiger partial charge in [0.05, 0.1) is 0 Å². The first-order chi connectivity index (χ1) is 9.24. The normalized spacial score (nSPS) is 16.6. The average Bonchev–Trinajstić information content (AvgIpc) is 2.44. The van der Waals surface area contributed by atoms with E-state index < -0.39 is 0 Å². The summed E-state index contributed by atoms with van der Waals surface area (Å²) in [6, 6.07) is 0.486. The van der Waals surface area contributed by atoms with Crippen LogP contribution >= 0.6 is 0 Å². The summed E-state index contributed by atoms with van der Waals surface area (Å²) in [4.78, 5) is 12.3. The van der Waals surface area contributed by atoms with Crippen LogP contribution in [-0.4, -0.2) is 41.6 Å². The summed E-state index contributed by atoms with van der Waals surface area (Å²) >= 11 is 0. The molecule has 0 heterocycles. The van der Waals surface area contributed by atoms with Gasteiger partial charge < -0.3 is 5.73 Å². The standard InChI is InChI=1S/C15H29N3O/c1-3-12-17(14-8-6-5-7-9-14)18(13-4-2)15(19)10-11-16/h3,14H,1,4-13,16H2,2H3. The SMILES string of the molecule is C=CCN(C1CCCCC1)N(CCC)C(=O)CCN. The van der Waals surface area contributed by atoms with Crippen LogP contribution in [0.25, 0.3) is 0 Å². The molecule has 0 aromatic rings. The van der Waals surface area contributed by atoms with Crippen molar-refractivity contribution in [2.24, 2.45) is 5.73 Å². The lowest BCUT2D eigenvalue weighted by atomic mass is 9.95. The Balaban J connectivity index is 2.77. The van der Waals surface area contributed by atoms with E-state index >= 15 is 0 Å². The predicted octanol–water partition coefficient (Wildman–Crippen LogP) is 2.31.